The molecule has 1 heterocycles. The van der Waals surface area contributed by atoms with Gasteiger partial charge in [0, 0.05) is 6.42 Å². The number of aliphatic hydroxyl groups excluding tert-OH is 1. The van der Waals surface area contributed by atoms with Gasteiger partial charge in [-0.2, -0.15) is 0 Å². The number of hydrogen-bond donors (Lipinski definition) is 3. The van der Waals surface area contributed by atoms with Crippen LogP contribution < -0.4 is 11.3 Å². The fraction of sp³-hybridized carbons (Fsp3) is 0.154. The maximum absolute atomic E-state index is 12.5. The number of aromatic nitrogens is 2. The summed E-state index contributed by atoms with van der Waals surface area (Å²) in [5, 5.41) is 17.5. The van der Waals surface area contributed by atoms with Gasteiger partial charge in [0.25, 0.3) is 5.56 Å². The highest BCUT2D eigenvalue weighted by atomic mass is 35.5. The van der Waals surface area contributed by atoms with Crippen LogP contribution in [0.1, 0.15) is 5.82 Å². The third-order valence-electron chi connectivity index (χ3n) is 2.75. The second kappa shape index (κ2) is 5.85. The maximum atomic E-state index is 12.5. The number of fused-ring (bicyclic) bond motifs is 1. The van der Waals surface area contributed by atoms with Gasteiger partial charge in [-0.1, -0.05) is 17.7 Å². The Kier molecular flexibility index (Phi) is 4.16. The van der Waals surface area contributed by atoms with E-state index in [1.807, 2.05) is 0 Å². The summed E-state index contributed by atoms with van der Waals surface area (Å²) in [5.41, 5.74) is 5.24. The van der Waals surface area contributed by atoms with Crippen molar-refractivity contribution in [2.24, 2.45) is 5.73 Å². The minimum absolute atomic E-state index is 0.129. The van der Waals surface area contributed by atoms with Crippen LogP contribution >= 0.6 is 11.6 Å². The first-order valence-corrected chi connectivity index (χ1v) is 6.26. The molecule has 0 unspecified atom stereocenters. The Balaban J connectivity index is 2.85. The standard InChI is InChI=1S/C13H13ClN4O2/c14-8-2-1-3-9-12(8)13(20)18(10(16)4-6-15)11(17-9)5-7-19/h1-4,6,16,19H,5,7,15H2/b6-4-,16-10?. The van der Waals surface area contributed by atoms with Crippen molar-refractivity contribution in [3.63, 3.8) is 0 Å². The first-order valence-electron chi connectivity index (χ1n) is 5.88. The highest BCUT2D eigenvalue weighted by Gasteiger charge is 2.14. The van der Waals surface area contributed by atoms with Crippen molar-refractivity contribution in [3.8, 4) is 0 Å². The Hall–Kier alpha value is -2.18. The first kappa shape index (κ1) is 14.2. The average Bonchev–Trinajstić information content (AvgIpc) is 2.39. The molecule has 0 saturated heterocycles. The molecule has 0 aliphatic carbocycles. The van der Waals surface area contributed by atoms with Crippen LogP contribution in [0.5, 0.6) is 0 Å². The zero-order valence-electron chi connectivity index (χ0n) is 10.5. The van der Waals surface area contributed by atoms with E-state index >= 15 is 0 Å². The molecule has 2 aromatic rings. The first-order chi connectivity index (χ1) is 9.60. The highest BCUT2D eigenvalue weighted by molar-refractivity contribution is 6.35. The average molecular weight is 293 g/mol. The molecule has 0 aliphatic rings. The lowest BCUT2D eigenvalue weighted by Crippen LogP contribution is -2.31. The summed E-state index contributed by atoms with van der Waals surface area (Å²) in [4.78, 5) is 16.8. The largest absolute Gasteiger partial charge is 0.404 e. The van der Waals surface area contributed by atoms with Gasteiger partial charge >= 0.3 is 0 Å². The van der Waals surface area contributed by atoms with Crippen LogP contribution in [0.2, 0.25) is 5.02 Å². The molecule has 0 fully saturated rings. The van der Waals surface area contributed by atoms with Crippen molar-refractivity contribution in [1.29, 1.82) is 5.41 Å². The summed E-state index contributed by atoms with van der Waals surface area (Å²) in [5.74, 6) is 0.158. The van der Waals surface area contributed by atoms with E-state index in [2.05, 4.69) is 4.98 Å². The Labute approximate surface area is 119 Å². The van der Waals surface area contributed by atoms with Crippen molar-refractivity contribution >= 4 is 28.3 Å². The van der Waals surface area contributed by atoms with E-state index in [4.69, 9.17) is 27.9 Å². The van der Waals surface area contributed by atoms with Gasteiger partial charge in [0.1, 0.15) is 11.7 Å². The molecular weight excluding hydrogens is 280 g/mol. The van der Waals surface area contributed by atoms with Gasteiger partial charge in [-0.25, -0.2) is 9.55 Å². The van der Waals surface area contributed by atoms with Crippen molar-refractivity contribution in [3.05, 3.63) is 51.7 Å². The predicted molar refractivity (Wildman–Crippen MR) is 78.3 cm³/mol. The predicted octanol–water partition coefficient (Wildman–Crippen LogP) is 0.882. The number of benzene rings is 1. The van der Waals surface area contributed by atoms with Crippen LogP contribution in [-0.4, -0.2) is 27.1 Å². The zero-order valence-corrected chi connectivity index (χ0v) is 11.3. The van der Waals surface area contributed by atoms with Gasteiger partial charge < -0.3 is 10.8 Å². The number of nitrogens with zero attached hydrogens (tertiary/aromatic N) is 2. The van der Waals surface area contributed by atoms with E-state index in [0.717, 1.165) is 10.8 Å². The number of nitrogens with two attached hydrogens (primary N) is 1. The van der Waals surface area contributed by atoms with Gasteiger partial charge in [0.2, 0.25) is 0 Å². The molecule has 104 valence electrons. The van der Waals surface area contributed by atoms with Crippen LogP contribution in [0, 0.1) is 5.41 Å². The van der Waals surface area contributed by atoms with Gasteiger partial charge in [-0.3, -0.25) is 10.2 Å². The third kappa shape index (κ3) is 2.43. The second-order valence-corrected chi connectivity index (χ2v) is 4.43. The van der Waals surface area contributed by atoms with Gasteiger partial charge in [-0.15, -0.1) is 0 Å². The lowest BCUT2D eigenvalue weighted by molar-refractivity contribution is 0.296. The van der Waals surface area contributed by atoms with E-state index in [1.54, 1.807) is 18.2 Å². The summed E-state index contributed by atoms with van der Waals surface area (Å²) in [6.45, 7) is -0.182. The fourth-order valence-electron chi connectivity index (χ4n) is 1.92. The topological polar surface area (TPSA) is 105 Å². The highest BCUT2D eigenvalue weighted by Crippen LogP contribution is 2.18. The number of rotatable bonds is 3. The molecular formula is C13H13ClN4O2. The summed E-state index contributed by atoms with van der Waals surface area (Å²) in [6, 6.07) is 4.94. The van der Waals surface area contributed by atoms with Crippen molar-refractivity contribution in [2.75, 3.05) is 6.61 Å². The molecule has 2 rings (SSSR count). The normalized spacial score (nSPS) is 11.3. The molecule has 1 aromatic heterocycles. The lowest BCUT2D eigenvalue weighted by atomic mass is 10.2. The third-order valence-corrected chi connectivity index (χ3v) is 3.06. The van der Waals surface area contributed by atoms with Crippen LogP contribution in [0.25, 0.3) is 10.9 Å². The van der Waals surface area contributed by atoms with E-state index < -0.39 is 5.56 Å². The van der Waals surface area contributed by atoms with Crippen LogP contribution in [0.4, 0.5) is 0 Å². The smallest absolute Gasteiger partial charge is 0.268 e. The van der Waals surface area contributed by atoms with Crippen LogP contribution in [-0.2, 0) is 6.42 Å². The Morgan fingerprint density at radius 3 is 2.95 bits per heavy atom. The monoisotopic (exact) mass is 292 g/mol. The Morgan fingerprint density at radius 2 is 2.30 bits per heavy atom. The molecule has 0 aliphatic heterocycles. The summed E-state index contributed by atoms with van der Waals surface area (Å²) in [6.07, 6.45) is 2.58. The second-order valence-electron chi connectivity index (χ2n) is 4.02. The summed E-state index contributed by atoms with van der Waals surface area (Å²) in [7, 11) is 0. The van der Waals surface area contributed by atoms with Gasteiger partial charge in [-0.05, 0) is 24.4 Å². The Bertz CT molecular complexity index is 752. The summed E-state index contributed by atoms with van der Waals surface area (Å²) < 4.78 is 1.09. The number of nitrogens with one attached hydrogen (secondary N) is 1. The molecule has 0 spiro atoms. The molecule has 0 bridgehead atoms. The number of hydrogen-bond acceptors (Lipinski definition) is 5. The molecule has 0 amide bonds. The SMILES string of the molecule is N=C(/C=C\N)n1c(CCO)nc2cccc(Cl)c2c1=O. The van der Waals surface area contributed by atoms with Crippen molar-refractivity contribution < 1.29 is 5.11 Å². The van der Waals surface area contributed by atoms with Gasteiger partial charge in [0.15, 0.2) is 0 Å². The van der Waals surface area contributed by atoms with Crippen LogP contribution in [0.15, 0.2) is 35.3 Å². The minimum Gasteiger partial charge on any atom is -0.404 e. The number of halogens is 1. The molecule has 20 heavy (non-hydrogen) atoms. The maximum Gasteiger partial charge on any atom is 0.268 e. The minimum atomic E-state index is -0.452. The molecule has 0 radical (unpaired) electrons. The molecule has 1 aromatic carbocycles. The lowest BCUT2D eigenvalue weighted by Gasteiger charge is -2.12. The van der Waals surface area contributed by atoms with Crippen molar-refractivity contribution in [1.82, 2.24) is 9.55 Å². The quantitative estimate of drug-likeness (QED) is 0.577. The number of aliphatic hydroxyl groups is 1. The molecule has 4 N–H and O–H groups in total. The van der Waals surface area contributed by atoms with Gasteiger partial charge in [0.05, 0.1) is 22.5 Å². The molecule has 0 atom stereocenters. The molecule has 0 saturated carbocycles. The van der Waals surface area contributed by atoms with E-state index in [-0.39, 0.29) is 35.1 Å². The fourth-order valence-corrected chi connectivity index (χ4v) is 2.17. The Morgan fingerprint density at radius 1 is 1.55 bits per heavy atom. The summed E-state index contributed by atoms with van der Waals surface area (Å²) >= 11 is 6.03. The number of allylic oxidation sites excluding steroid dienone is 1. The molecule has 6 nitrogen and oxygen atoms in total. The zero-order chi connectivity index (χ0) is 14.7. The van der Waals surface area contributed by atoms with Crippen LogP contribution in [0.3, 0.4) is 0 Å². The van der Waals surface area contributed by atoms with E-state index in [9.17, 15) is 4.79 Å². The van der Waals surface area contributed by atoms with E-state index in [1.165, 1.54) is 6.08 Å². The van der Waals surface area contributed by atoms with Crippen molar-refractivity contribution in [2.45, 2.75) is 6.42 Å². The van der Waals surface area contributed by atoms with E-state index in [0.29, 0.717) is 5.52 Å². The molecule has 7 heteroatoms.